The lowest BCUT2D eigenvalue weighted by molar-refractivity contribution is -0.123. The summed E-state index contributed by atoms with van der Waals surface area (Å²) in [5, 5.41) is -0.318. The first-order chi connectivity index (χ1) is 13.5. The normalized spacial score (nSPS) is 15.6. The maximum Gasteiger partial charge on any atom is 0.293 e. The Morgan fingerprint density at radius 3 is 2.61 bits per heavy atom. The number of amides is 2. The average Bonchev–Trinajstić information content (AvgIpc) is 3.23. The Labute approximate surface area is 173 Å². The van der Waals surface area contributed by atoms with Crippen LogP contribution >= 0.6 is 27.7 Å². The summed E-state index contributed by atoms with van der Waals surface area (Å²) in [5.41, 5.74) is 1.58. The van der Waals surface area contributed by atoms with Crippen LogP contribution in [0.5, 0.6) is 0 Å². The molecule has 2 heterocycles. The summed E-state index contributed by atoms with van der Waals surface area (Å²) in [6.45, 7) is 0.209. The number of carbonyl (C=O) groups excluding carboxylic acids is 2. The molecule has 7 heteroatoms. The van der Waals surface area contributed by atoms with Crippen molar-refractivity contribution >= 4 is 44.9 Å². The minimum Gasteiger partial charge on any atom is -0.457 e. The second kappa shape index (κ2) is 7.77. The van der Waals surface area contributed by atoms with Gasteiger partial charge in [-0.1, -0.05) is 28.1 Å². The van der Waals surface area contributed by atoms with Crippen LogP contribution in [-0.4, -0.2) is 16.0 Å². The van der Waals surface area contributed by atoms with Crippen molar-refractivity contribution in [1.29, 1.82) is 0 Å². The number of halogens is 2. The predicted octanol–water partition coefficient (Wildman–Crippen LogP) is 6.08. The molecule has 0 radical (unpaired) electrons. The van der Waals surface area contributed by atoms with Crippen LogP contribution in [0.4, 0.5) is 9.18 Å². The van der Waals surface area contributed by atoms with E-state index in [1.807, 2.05) is 24.3 Å². The average molecular weight is 458 g/mol. The third kappa shape index (κ3) is 3.95. The van der Waals surface area contributed by atoms with E-state index in [9.17, 15) is 14.0 Å². The number of carbonyl (C=O) groups is 2. The molecule has 0 bridgehead atoms. The van der Waals surface area contributed by atoms with Gasteiger partial charge in [-0.25, -0.2) is 4.39 Å². The summed E-state index contributed by atoms with van der Waals surface area (Å²) in [6.07, 6.45) is 1.55. The Morgan fingerprint density at radius 2 is 1.86 bits per heavy atom. The molecule has 0 unspecified atom stereocenters. The highest BCUT2D eigenvalue weighted by Gasteiger charge is 2.35. The molecule has 0 N–H and O–H groups in total. The zero-order chi connectivity index (χ0) is 19.7. The van der Waals surface area contributed by atoms with Gasteiger partial charge in [0, 0.05) is 16.1 Å². The van der Waals surface area contributed by atoms with Crippen LogP contribution in [0.1, 0.15) is 11.3 Å². The molecule has 1 aliphatic rings. The number of thioether (sulfide) groups is 1. The zero-order valence-corrected chi connectivity index (χ0v) is 16.8. The summed E-state index contributed by atoms with van der Waals surface area (Å²) < 4.78 is 19.7. The molecule has 1 saturated heterocycles. The van der Waals surface area contributed by atoms with Crippen LogP contribution in [0.3, 0.4) is 0 Å². The standard InChI is InChI=1S/C21H13BrFNO3S/c22-15-3-1-2-13(10-15)12-24-20(25)19(28-21(24)26)11-17-8-9-18(27-17)14-4-6-16(23)7-5-14/h1-11H,12H2/b19-11-. The van der Waals surface area contributed by atoms with Gasteiger partial charge >= 0.3 is 0 Å². The third-order valence-electron chi connectivity index (χ3n) is 4.13. The quantitative estimate of drug-likeness (QED) is 0.445. The lowest BCUT2D eigenvalue weighted by Crippen LogP contribution is -2.27. The molecule has 4 rings (SSSR count). The lowest BCUT2D eigenvalue weighted by Gasteiger charge is -2.12. The molecule has 0 spiro atoms. The van der Waals surface area contributed by atoms with Crippen molar-refractivity contribution in [3.05, 3.63) is 87.2 Å². The molecule has 140 valence electrons. The van der Waals surface area contributed by atoms with Crippen LogP contribution in [0, 0.1) is 5.82 Å². The molecule has 4 nitrogen and oxygen atoms in total. The van der Waals surface area contributed by atoms with Gasteiger partial charge in [0.2, 0.25) is 0 Å². The molecule has 0 saturated carbocycles. The predicted molar refractivity (Wildman–Crippen MR) is 110 cm³/mol. The summed E-state index contributed by atoms with van der Waals surface area (Å²) in [5.74, 6) is 0.330. The number of rotatable bonds is 4. The van der Waals surface area contributed by atoms with Crippen molar-refractivity contribution in [2.24, 2.45) is 0 Å². The number of hydrogen-bond donors (Lipinski definition) is 0. The van der Waals surface area contributed by atoms with E-state index in [0.29, 0.717) is 16.4 Å². The molecule has 2 amide bonds. The Hall–Kier alpha value is -2.64. The van der Waals surface area contributed by atoms with Crippen LogP contribution in [-0.2, 0) is 11.3 Å². The fourth-order valence-electron chi connectivity index (χ4n) is 2.78. The maximum atomic E-state index is 13.1. The lowest BCUT2D eigenvalue weighted by atomic mass is 10.2. The molecular formula is C21H13BrFNO3S. The van der Waals surface area contributed by atoms with Crippen molar-refractivity contribution in [3.63, 3.8) is 0 Å². The van der Waals surface area contributed by atoms with E-state index < -0.39 is 0 Å². The Morgan fingerprint density at radius 1 is 1.07 bits per heavy atom. The fourth-order valence-corrected chi connectivity index (χ4v) is 4.05. The second-order valence-corrected chi connectivity index (χ2v) is 8.02. The first-order valence-electron chi connectivity index (χ1n) is 8.35. The van der Waals surface area contributed by atoms with E-state index in [2.05, 4.69) is 15.9 Å². The zero-order valence-electron chi connectivity index (χ0n) is 14.4. The highest BCUT2D eigenvalue weighted by molar-refractivity contribution is 9.10. The largest absolute Gasteiger partial charge is 0.457 e. The van der Waals surface area contributed by atoms with Gasteiger partial charge in [0.15, 0.2) is 0 Å². The van der Waals surface area contributed by atoms with E-state index >= 15 is 0 Å². The third-order valence-corrected chi connectivity index (χ3v) is 5.53. The first-order valence-corrected chi connectivity index (χ1v) is 9.96. The van der Waals surface area contributed by atoms with Crippen molar-refractivity contribution in [3.8, 4) is 11.3 Å². The smallest absolute Gasteiger partial charge is 0.293 e. The SMILES string of the molecule is O=C1S/C(=C\c2ccc(-c3ccc(F)cc3)o2)C(=O)N1Cc1cccc(Br)c1. The minimum absolute atomic E-state index is 0.209. The monoisotopic (exact) mass is 457 g/mol. The molecule has 1 aliphatic heterocycles. The van der Waals surface area contributed by atoms with Crippen molar-refractivity contribution < 1.29 is 18.4 Å². The Kier molecular flexibility index (Phi) is 5.19. The summed E-state index contributed by atoms with van der Waals surface area (Å²) in [4.78, 5) is 26.4. The van der Waals surface area contributed by atoms with E-state index in [-0.39, 0.29) is 23.5 Å². The van der Waals surface area contributed by atoms with Crippen molar-refractivity contribution in [2.75, 3.05) is 0 Å². The van der Waals surface area contributed by atoms with Gasteiger partial charge in [-0.05, 0) is 65.9 Å². The van der Waals surface area contributed by atoms with Gasteiger partial charge in [-0.2, -0.15) is 0 Å². The Balaban J connectivity index is 1.53. The highest BCUT2D eigenvalue weighted by Crippen LogP contribution is 2.34. The topological polar surface area (TPSA) is 50.5 Å². The van der Waals surface area contributed by atoms with E-state index in [1.165, 1.54) is 17.0 Å². The van der Waals surface area contributed by atoms with Gasteiger partial charge in [0.1, 0.15) is 17.3 Å². The van der Waals surface area contributed by atoms with Crippen LogP contribution in [0.15, 0.2) is 74.5 Å². The van der Waals surface area contributed by atoms with E-state index in [4.69, 9.17) is 4.42 Å². The number of furan rings is 1. The summed E-state index contributed by atoms with van der Waals surface area (Å²) in [6, 6.07) is 16.9. The van der Waals surface area contributed by atoms with Crippen LogP contribution in [0.25, 0.3) is 17.4 Å². The van der Waals surface area contributed by atoms with E-state index in [0.717, 1.165) is 27.4 Å². The van der Waals surface area contributed by atoms with Gasteiger partial charge < -0.3 is 4.42 Å². The molecular weight excluding hydrogens is 445 g/mol. The number of hydrogen-bond acceptors (Lipinski definition) is 4. The summed E-state index contributed by atoms with van der Waals surface area (Å²) >= 11 is 4.27. The van der Waals surface area contributed by atoms with E-state index in [1.54, 1.807) is 30.3 Å². The molecule has 0 aliphatic carbocycles. The number of nitrogens with zero attached hydrogens (tertiary/aromatic N) is 1. The number of imide groups is 1. The molecule has 0 atom stereocenters. The molecule has 1 fully saturated rings. The minimum atomic E-state index is -0.352. The fraction of sp³-hybridized carbons (Fsp3) is 0.0476. The molecule has 1 aromatic heterocycles. The van der Waals surface area contributed by atoms with Gasteiger partial charge in [0.05, 0.1) is 11.4 Å². The summed E-state index contributed by atoms with van der Waals surface area (Å²) in [7, 11) is 0. The van der Waals surface area contributed by atoms with Gasteiger partial charge in [0.25, 0.3) is 11.1 Å². The Bertz CT molecular complexity index is 1090. The van der Waals surface area contributed by atoms with Crippen molar-refractivity contribution in [1.82, 2.24) is 4.90 Å². The van der Waals surface area contributed by atoms with Crippen molar-refractivity contribution in [2.45, 2.75) is 6.54 Å². The molecule has 28 heavy (non-hydrogen) atoms. The van der Waals surface area contributed by atoms with Crippen LogP contribution < -0.4 is 0 Å². The maximum absolute atomic E-state index is 13.1. The van der Waals surface area contributed by atoms with Gasteiger partial charge in [-0.15, -0.1) is 0 Å². The highest BCUT2D eigenvalue weighted by atomic mass is 79.9. The molecule has 2 aromatic carbocycles. The number of benzene rings is 2. The first kappa shape index (κ1) is 18.7. The van der Waals surface area contributed by atoms with Gasteiger partial charge in [-0.3, -0.25) is 14.5 Å². The second-order valence-electron chi connectivity index (χ2n) is 6.11. The van der Waals surface area contributed by atoms with Crippen LogP contribution in [0.2, 0.25) is 0 Å². The molecule has 3 aromatic rings.